The zero-order valence-corrected chi connectivity index (χ0v) is 36.7. The molecule has 4 aliphatic heterocycles. The van der Waals surface area contributed by atoms with E-state index in [0.717, 1.165) is 18.9 Å². The molecule has 0 spiro atoms. The van der Waals surface area contributed by atoms with Crippen molar-refractivity contribution in [2.75, 3.05) is 65.9 Å². The Morgan fingerprint density at radius 3 is 1.62 bits per heavy atom. The number of anilines is 4. The van der Waals surface area contributed by atoms with Gasteiger partial charge in [-0.3, -0.25) is 9.80 Å². The maximum Gasteiger partial charge on any atom is 0.414 e. The summed E-state index contributed by atoms with van der Waals surface area (Å²) in [6.07, 6.45) is 6.12. The van der Waals surface area contributed by atoms with Crippen molar-refractivity contribution in [3.8, 4) is 22.3 Å². The second kappa shape index (κ2) is 21.4. The number of carbonyl (C=O) groups excluding carboxylic acids is 5. The van der Waals surface area contributed by atoms with Crippen molar-refractivity contribution in [1.82, 2.24) is 25.7 Å². The molecule has 2 fully saturated rings. The van der Waals surface area contributed by atoms with E-state index in [9.17, 15) is 32.8 Å². The quantitative estimate of drug-likeness (QED) is 0.160. The Morgan fingerprint density at radius 1 is 0.723 bits per heavy atom. The minimum atomic E-state index is -0.551. The number of hydrogen-bond donors (Lipinski definition) is 2. The summed E-state index contributed by atoms with van der Waals surface area (Å²) < 4.78 is 40.4. The van der Waals surface area contributed by atoms with Gasteiger partial charge in [-0.05, 0) is 87.4 Å². The SMILES string of the molecule is CC(=O)CC[C@H]1CN(c2ccc(-c3ccc(N4C=NNCC4)nc3)c(F)c2)C(=O)O1.CNC(=O)N1CCN(c2ccc(-c3ccc(N4C[C@H](CCC(C)=O)OC4=O)cc3F)cn2)C=N1.Cl. The molecule has 0 aliphatic carbocycles. The summed E-state index contributed by atoms with van der Waals surface area (Å²) in [5.41, 5.74) is 5.66. The number of pyridine rings is 2. The highest BCUT2D eigenvalue weighted by atomic mass is 35.5. The second-order valence-corrected chi connectivity index (χ2v) is 15.3. The number of ether oxygens (including phenoxy) is 2. The van der Waals surface area contributed by atoms with Crippen molar-refractivity contribution < 1.29 is 42.2 Å². The van der Waals surface area contributed by atoms with Crippen molar-refractivity contribution in [2.45, 2.75) is 51.7 Å². The maximum atomic E-state index is 14.9. The molecule has 65 heavy (non-hydrogen) atoms. The third-order valence-corrected chi connectivity index (χ3v) is 10.7. The Kier molecular flexibility index (Phi) is 15.6. The summed E-state index contributed by atoms with van der Waals surface area (Å²) in [6.45, 7) is 5.97. The van der Waals surface area contributed by atoms with Crippen LogP contribution in [0, 0.1) is 11.6 Å². The number of rotatable bonds is 12. The maximum absolute atomic E-state index is 14.9. The Hall–Kier alpha value is -7.22. The van der Waals surface area contributed by atoms with Crippen LogP contribution in [-0.2, 0) is 19.1 Å². The molecule has 18 nitrogen and oxygen atoms in total. The lowest BCUT2D eigenvalue weighted by Crippen LogP contribution is -2.44. The summed E-state index contributed by atoms with van der Waals surface area (Å²) >= 11 is 0. The van der Waals surface area contributed by atoms with E-state index in [2.05, 4.69) is 30.9 Å². The lowest BCUT2D eigenvalue weighted by molar-refractivity contribution is -0.118. The molecule has 0 radical (unpaired) electrons. The summed E-state index contributed by atoms with van der Waals surface area (Å²) in [5, 5.41) is 11.9. The van der Waals surface area contributed by atoms with Crippen molar-refractivity contribution >= 4 is 77.9 Å². The van der Waals surface area contributed by atoms with Crippen LogP contribution in [0.15, 0.2) is 83.3 Å². The molecule has 2 N–H and O–H groups in total. The first-order valence-corrected chi connectivity index (χ1v) is 20.7. The van der Waals surface area contributed by atoms with E-state index >= 15 is 0 Å². The normalized spacial score (nSPS) is 17.7. The predicted octanol–water partition coefficient (Wildman–Crippen LogP) is 6.34. The number of hydrogen-bond acceptors (Lipinski definition) is 14. The molecule has 0 saturated carbocycles. The summed E-state index contributed by atoms with van der Waals surface area (Å²) in [5.74, 6) is 0.486. The molecule has 2 saturated heterocycles. The third kappa shape index (κ3) is 11.7. The lowest BCUT2D eigenvalue weighted by Gasteiger charge is -2.27. The molecule has 21 heteroatoms. The van der Waals surface area contributed by atoms with Gasteiger partial charge in [-0.25, -0.2) is 38.1 Å². The number of ketones is 2. The zero-order valence-electron chi connectivity index (χ0n) is 35.9. The van der Waals surface area contributed by atoms with E-state index in [1.165, 1.54) is 47.1 Å². The zero-order chi connectivity index (χ0) is 45.3. The second-order valence-electron chi connectivity index (χ2n) is 15.3. The van der Waals surface area contributed by atoms with Gasteiger partial charge in [0, 0.05) is 67.6 Å². The van der Waals surface area contributed by atoms with Gasteiger partial charge in [0.25, 0.3) is 0 Å². The number of nitrogens with zero attached hydrogens (tertiary/aromatic N) is 9. The van der Waals surface area contributed by atoms with Gasteiger partial charge in [0.1, 0.15) is 59.7 Å². The fourth-order valence-electron chi connectivity index (χ4n) is 7.21. The molecule has 4 aliphatic rings. The van der Waals surface area contributed by atoms with E-state index in [1.54, 1.807) is 73.1 Å². The van der Waals surface area contributed by atoms with Crippen molar-refractivity contribution in [1.29, 1.82) is 0 Å². The van der Waals surface area contributed by atoms with Gasteiger partial charge in [0.15, 0.2) is 0 Å². The molecule has 4 aromatic rings. The minimum absolute atomic E-state index is 0. The summed E-state index contributed by atoms with van der Waals surface area (Å²) in [7, 11) is 1.54. The number of benzene rings is 2. The van der Waals surface area contributed by atoms with Gasteiger partial charge < -0.3 is 39.6 Å². The van der Waals surface area contributed by atoms with Crippen LogP contribution in [0.2, 0.25) is 0 Å². The molecule has 2 aromatic heterocycles. The van der Waals surface area contributed by atoms with Crippen LogP contribution in [0.4, 0.5) is 46.2 Å². The average Bonchev–Trinajstić information content (AvgIpc) is 3.88. The fourth-order valence-corrected chi connectivity index (χ4v) is 7.21. The smallest absolute Gasteiger partial charge is 0.414 e. The number of cyclic esters (lactones) is 2. The molecule has 2 atom stereocenters. The molecular formula is C44H48ClF2N11O7. The van der Waals surface area contributed by atoms with E-state index in [0.29, 0.717) is 84.8 Å². The van der Waals surface area contributed by atoms with Gasteiger partial charge in [-0.1, -0.05) is 0 Å². The minimum Gasteiger partial charge on any atom is -0.444 e. The standard InChI is InChI=1S/C23H25FN6O4.C21H22FN5O3.ClH/c1-15(31)3-6-18-13-29(23(33)34-18)17-5-7-19(20(24)11-17)16-4-8-21(26-12-16)28-9-10-30(27-14-28)22(32)25-2;1-14(28)2-5-17-12-27(21(29)30-17)16-4-6-18(19(22)10-16)15-3-7-20(23-11-15)26-9-8-24-25-13-26;/h4-5,7-8,11-12,14,18H,3,6,9-10,13H2,1-2H3,(H,25,32);3-4,6-7,10-11,13,17,24H,2,5,8-9,12H2,1H3;1H/t18-;17-;/m00./s1. The van der Waals surface area contributed by atoms with Crippen LogP contribution >= 0.6 is 12.4 Å². The van der Waals surface area contributed by atoms with Crippen LogP contribution in [0.5, 0.6) is 0 Å². The largest absolute Gasteiger partial charge is 0.444 e. The number of Topliss-reactive ketones (excluding diaryl/α,β-unsaturated/α-hetero) is 2. The molecular weight excluding hydrogens is 868 g/mol. The molecule has 342 valence electrons. The Bertz CT molecular complexity index is 2440. The Balaban J connectivity index is 0.000000214. The van der Waals surface area contributed by atoms with E-state index in [-0.39, 0.29) is 42.7 Å². The summed E-state index contributed by atoms with van der Waals surface area (Å²) in [4.78, 5) is 73.6. The molecule has 4 amide bonds. The van der Waals surface area contributed by atoms with E-state index in [1.807, 2.05) is 11.0 Å². The number of nitrogens with one attached hydrogen (secondary N) is 2. The van der Waals surface area contributed by atoms with Crippen LogP contribution in [-0.4, -0.2) is 116 Å². The van der Waals surface area contributed by atoms with E-state index < -0.39 is 29.9 Å². The van der Waals surface area contributed by atoms with Crippen LogP contribution in [0.3, 0.4) is 0 Å². The van der Waals surface area contributed by atoms with Gasteiger partial charge in [0.05, 0.1) is 37.6 Å². The van der Waals surface area contributed by atoms with Crippen LogP contribution < -0.4 is 30.3 Å². The number of urea groups is 1. The molecule has 2 aromatic carbocycles. The van der Waals surface area contributed by atoms with Crippen molar-refractivity contribution in [2.24, 2.45) is 10.2 Å². The first kappa shape index (κ1) is 47.3. The van der Waals surface area contributed by atoms with Gasteiger partial charge in [-0.2, -0.15) is 10.2 Å². The van der Waals surface area contributed by atoms with E-state index in [4.69, 9.17) is 9.47 Å². The monoisotopic (exact) mass is 915 g/mol. The molecule has 0 bridgehead atoms. The third-order valence-electron chi connectivity index (χ3n) is 10.7. The first-order chi connectivity index (χ1) is 30.9. The topological polar surface area (TPSA) is 195 Å². The first-order valence-electron chi connectivity index (χ1n) is 20.7. The lowest BCUT2D eigenvalue weighted by atomic mass is 10.1. The highest BCUT2D eigenvalue weighted by Crippen LogP contribution is 2.32. The average molecular weight is 916 g/mol. The van der Waals surface area contributed by atoms with Gasteiger partial charge in [0.2, 0.25) is 0 Å². The molecule has 0 unspecified atom stereocenters. The van der Waals surface area contributed by atoms with Crippen molar-refractivity contribution in [3.63, 3.8) is 0 Å². The number of hydrazone groups is 2. The Morgan fingerprint density at radius 2 is 1.23 bits per heavy atom. The predicted molar refractivity (Wildman–Crippen MR) is 242 cm³/mol. The van der Waals surface area contributed by atoms with Crippen LogP contribution in [0.1, 0.15) is 39.5 Å². The highest BCUT2D eigenvalue weighted by molar-refractivity contribution is 5.91. The number of amides is 4. The number of halogens is 3. The van der Waals surface area contributed by atoms with Gasteiger partial charge >= 0.3 is 18.2 Å². The van der Waals surface area contributed by atoms with Crippen LogP contribution in [0.25, 0.3) is 22.3 Å². The fraction of sp³-hybridized carbons (Fsp3) is 0.341. The molecule has 8 rings (SSSR count). The van der Waals surface area contributed by atoms with Crippen molar-refractivity contribution in [3.05, 3.63) is 84.7 Å². The number of carbonyl (C=O) groups is 5. The number of aromatic nitrogens is 2. The Labute approximate surface area is 379 Å². The molecule has 6 heterocycles. The highest BCUT2D eigenvalue weighted by Gasteiger charge is 2.34. The summed E-state index contributed by atoms with van der Waals surface area (Å²) in [6, 6.07) is 16.0. The van der Waals surface area contributed by atoms with Gasteiger partial charge in [-0.15, -0.1) is 12.4 Å².